The van der Waals surface area contributed by atoms with E-state index in [1.54, 1.807) is 18.2 Å². The molecule has 0 aliphatic rings. The van der Waals surface area contributed by atoms with Gasteiger partial charge in [0.25, 0.3) is 5.91 Å². The first-order chi connectivity index (χ1) is 10.8. The molecule has 8 heteroatoms. The van der Waals surface area contributed by atoms with E-state index in [0.717, 1.165) is 16.6 Å². The first-order valence-corrected chi connectivity index (χ1v) is 7.89. The Morgan fingerprint density at radius 3 is 2.52 bits per heavy atom. The maximum absolute atomic E-state index is 12.6. The van der Waals surface area contributed by atoms with E-state index in [4.69, 9.17) is 4.74 Å². The van der Waals surface area contributed by atoms with E-state index in [2.05, 4.69) is 37.2 Å². The van der Waals surface area contributed by atoms with Crippen LogP contribution in [0.5, 0.6) is 5.75 Å². The smallest absolute Gasteiger partial charge is 0.416 e. The largest absolute Gasteiger partial charge is 0.483 e. The summed E-state index contributed by atoms with van der Waals surface area (Å²) in [5.41, 5.74) is -0.768. The minimum atomic E-state index is -4.46. The normalized spacial score (nSPS) is 11.2. The SMILES string of the molecule is O=C(COc1ccc(Br)cc1Br)Nc1cccc(C(F)(F)F)c1. The molecule has 3 nitrogen and oxygen atoms in total. The summed E-state index contributed by atoms with van der Waals surface area (Å²) in [6.07, 6.45) is -4.46. The fourth-order valence-corrected chi connectivity index (χ4v) is 2.87. The Bertz CT molecular complexity index is 720. The van der Waals surface area contributed by atoms with Gasteiger partial charge in [-0.15, -0.1) is 0 Å². The van der Waals surface area contributed by atoms with Gasteiger partial charge in [-0.25, -0.2) is 0 Å². The molecule has 1 N–H and O–H groups in total. The van der Waals surface area contributed by atoms with Crippen molar-refractivity contribution in [2.75, 3.05) is 11.9 Å². The summed E-state index contributed by atoms with van der Waals surface area (Å²) < 4.78 is 44.6. The highest BCUT2D eigenvalue weighted by atomic mass is 79.9. The molecule has 0 aliphatic carbocycles. The molecular formula is C15H10Br2F3NO2. The fourth-order valence-electron chi connectivity index (χ4n) is 1.71. The van der Waals surface area contributed by atoms with Gasteiger partial charge in [0.1, 0.15) is 5.75 Å². The maximum Gasteiger partial charge on any atom is 0.416 e. The van der Waals surface area contributed by atoms with E-state index in [-0.39, 0.29) is 12.3 Å². The first kappa shape index (κ1) is 17.8. The van der Waals surface area contributed by atoms with Crippen LogP contribution in [0.2, 0.25) is 0 Å². The molecule has 0 fully saturated rings. The second-order valence-corrected chi connectivity index (χ2v) is 6.26. The standard InChI is InChI=1S/C15H10Br2F3NO2/c16-10-4-5-13(12(17)7-10)23-8-14(22)21-11-3-1-2-9(6-11)15(18,19)20/h1-7H,8H2,(H,21,22). The summed E-state index contributed by atoms with van der Waals surface area (Å²) in [7, 11) is 0. The van der Waals surface area contributed by atoms with Gasteiger partial charge in [-0.1, -0.05) is 22.0 Å². The molecule has 0 unspecified atom stereocenters. The Hall–Kier alpha value is -1.54. The molecule has 0 spiro atoms. The quantitative estimate of drug-likeness (QED) is 0.688. The molecule has 0 heterocycles. The lowest BCUT2D eigenvalue weighted by atomic mass is 10.2. The van der Waals surface area contributed by atoms with Gasteiger partial charge in [0.2, 0.25) is 0 Å². The topological polar surface area (TPSA) is 38.3 Å². The first-order valence-electron chi connectivity index (χ1n) is 6.30. The van der Waals surface area contributed by atoms with E-state index in [1.165, 1.54) is 12.1 Å². The molecular weight excluding hydrogens is 443 g/mol. The molecule has 0 atom stereocenters. The van der Waals surface area contributed by atoms with Crippen LogP contribution in [0, 0.1) is 0 Å². The second-order valence-electron chi connectivity index (χ2n) is 4.49. The van der Waals surface area contributed by atoms with Gasteiger partial charge in [-0.2, -0.15) is 13.2 Å². The van der Waals surface area contributed by atoms with Crippen molar-refractivity contribution in [3.05, 3.63) is 57.0 Å². The number of nitrogens with one attached hydrogen (secondary N) is 1. The maximum atomic E-state index is 12.6. The number of hydrogen-bond donors (Lipinski definition) is 1. The van der Waals surface area contributed by atoms with Crippen molar-refractivity contribution in [3.8, 4) is 5.75 Å². The lowest BCUT2D eigenvalue weighted by Crippen LogP contribution is -2.20. The number of anilines is 1. The monoisotopic (exact) mass is 451 g/mol. The molecule has 122 valence electrons. The van der Waals surface area contributed by atoms with E-state index in [0.29, 0.717) is 10.2 Å². The van der Waals surface area contributed by atoms with Crippen LogP contribution in [-0.4, -0.2) is 12.5 Å². The molecule has 0 aromatic heterocycles. The Balaban J connectivity index is 1.97. The summed E-state index contributed by atoms with van der Waals surface area (Å²) in [4.78, 5) is 11.8. The van der Waals surface area contributed by atoms with E-state index < -0.39 is 17.6 Å². The molecule has 23 heavy (non-hydrogen) atoms. The number of ether oxygens (including phenoxy) is 1. The summed E-state index contributed by atoms with van der Waals surface area (Å²) in [5, 5.41) is 2.37. The number of hydrogen-bond acceptors (Lipinski definition) is 2. The third-order valence-corrected chi connectivity index (χ3v) is 3.84. The Morgan fingerprint density at radius 1 is 1.13 bits per heavy atom. The minimum absolute atomic E-state index is 0.0586. The van der Waals surface area contributed by atoms with E-state index in [9.17, 15) is 18.0 Å². The van der Waals surface area contributed by atoms with Gasteiger partial charge in [0, 0.05) is 10.2 Å². The molecule has 2 aromatic carbocycles. The number of benzene rings is 2. The van der Waals surface area contributed by atoms with Gasteiger partial charge in [0.15, 0.2) is 6.61 Å². The number of halogens is 5. The van der Waals surface area contributed by atoms with Crippen LogP contribution in [-0.2, 0) is 11.0 Å². The van der Waals surface area contributed by atoms with Crippen LogP contribution in [0.1, 0.15) is 5.56 Å². The van der Waals surface area contributed by atoms with Crippen LogP contribution in [0.25, 0.3) is 0 Å². The van der Waals surface area contributed by atoms with Crippen molar-refractivity contribution >= 4 is 43.5 Å². The van der Waals surface area contributed by atoms with Gasteiger partial charge < -0.3 is 10.1 Å². The van der Waals surface area contributed by atoms with Crippen molar-refractivity contribution in [2.45, 2.75) is 6.18 Å². The number of amides is 1. The zero-order chi connectivity index (χ0) is 17.0. The second kappa shape index (κ2) is 7.35. The van der Waals surface area contributed by atoms with Crippen LogP contribution < -0.4 is 10.1 Å². The van der Waals surface area contributed by atoms with Crippen molar-refractivity contribution in [1.82, 2.24) is 0 Å². The van der Waals surface area contributed by atoms with Crippen LogP contribution in [0.15, 0.2) is 51.4 Å². The van der Waals surface area contributed by atoms with Crippen LogP contribution in [0.3, 0.4) is 0 Å². The molecule has 0 saturated carbocycles. The van der Waals surface area contributed by atoms with E-state index in [1.807, 2.05) is 0 Å². The van der Waals surface area contributed by atoms with Gasteiger partial charge in [0.05, 0.1) is 10.0 Å². The summed E-state index contributed by atoms with van der Waals surface area (Å²) >= 11 is 6.57. The third kappa shape index (κ3) is 5.24. The number of alkyl halides is 3. The van der Waals surface area contributed by atoms with Crippen LogP contribution in [0.4, 0.5) is 18.9 Å². The Labute approximate surface area is 147 Å². The molecule has 2 aromatic rings. The van der Waals surface area contributed by atoms with E-state index >= 15 is 0 Å². The van der Waals surface area contributed by atoms with Gasteiger partial charge >= 0.3 is 6.18 Å². The highest BCUT2D eigenvalue weighted by molar-refractivity contribution is 9.11. The predicted octanol–water partition coefficient (Wildman–Crippen LogP) is 5.25. The minimum Gasteiger partial charge on any atom is -0.483 e. The highest BCUT2D eigenvalue weighted by Crippen LogP contribution is 2.31. The Morgan fingerprint density at radius 2 is 1.87 bits per heavy atom. The third-order valence-electron chi connectivity index (χ3n) is 2.73. The highest BCUT2D eigenvalue weighted by Gasteiger charge is 2.30. The average molecular weight is 453 g/mol. The summed E-state index contributed by atoms with van der Waals surface area (Å²) in [6.45, 7) is -0.323. The van der Waals surface area contributed by atoms with Gasteiger partial charge in [-0.05, 0) is 52.3 Å². The van der Waals surface area contributed by atoms with Crippen LogP contribution >= 0.6 is 31.9 Å². The zero-order valence-corrected chi connectivity index (χ0v) is 14.6. The zero-order valence-electron chi connectivity index (χ0n) is 11.5. The molecule has 0 aliphatic heterocycles. The summed E-state index contributed by atoms with van der Waals surface area (Å²) in [5.74, 6) is -0.105. The fraction of sp³-hybridized carbons (Fsp3) is 0.133. The predicted molar refractivity (Wildman–Crippen MR) is 87.4 cm³/mol. The molecule has 0 bridgehead atoms. The average Bonchev–Trinajstić information content (AvgIpc) is 2.45. The van der Waals surface area contributed by atoms with Crippen molar-refractivity contribution in [3.63, 3.8) is 0 Å². The summed E-state index contributed by atoms with van der Waals surface area (Å²) in [6, 6.07) is 9.56. The molecule has 0 radical (unpaired) electrons. The molecule has 2 rings (SSSR count). The van der Waals surface area contributed by atoms with Gasteiger partial charge in [-0.3, -0.25) is 4.79 Å². The number of rotatable bonds is 4. The molecule has 1 amide bonds. The van der Waals surface area contributed by atoms with Crippen molar-refractivity contribution in [2.24, 2.45) is 0 Å². The van der Waals surface area contributed by atoms with Crippen molar-refractivity contribution < 1.29 is 22.7 Å². The Kier molecular flexibility index (Phi) is 5.69. The lowest BCUT2D eigenvalue weighted by molar-refractivity contribution is -0.137. The van der Waals surface area contributed by atoms with Crippen molar-refractivity contribution in [1.29, 1.82) is 0 Å². The number of carbonyl (C=O) groups is 1. The number of carbonyl (C=O) groups excluding carboxylic acids is 1. The molecule has 0 saturated heterocycles. The lowest BCUT2D eigenvalue weighted by Gasteiger charge is -2.11.